The van der Waals surface area contributed by atoms with Crippen LogP contribution in [-0.2, 0) is 11.3 Å². The van der Waals surface area contributed by atoms with Crippen LogP contribution >= 0.6 is 12.4 Å². The van der Waals surface area contributed by atoms with Gasteiger partial charge in [-0.3, -0.25) is 9.59 Å². The van der Waals surface area contributed by atoms with Gasteiger partial charge in [0.2, 0.25) is 5.91 Å². The van der Waals surface area contributed by atoms with E-state index in [2.05, 4.69) is 5.32 Å². The second-order valence-electron chi connectivity index (χ2n) is 4.88. The normalized spacial score (nSPS) is 21.2. The first-order chi connectivity index (χ1) is 9.11. The minimum atomic E-state index is -0.614. The van der Waals surface area contributed by atoms with Crippen molar-refractivity contribution >= 4 is 24.2 Å². The Morgan fingerprint density at radius 2 is 2.10 bits per heavy atom. The molecular weight excluding hydrogens is 282 g/mol. The standard InChI is InChI=1S/C13H19N3O3.ClH/c14-6-8-2-1-3-10(8)13(18)16-7-9-4-5-11(19-9)12(15)17;/h4-5,8,10H,1-3,6-7,14H2,(H2,15,17)(H,16,18);1H/t8-,10-;/m1./s1. The van der Waals surface area contributed by atoms with E-state index in [0.717, 1.165) is 19.3 Å². The van der Waals surface area contributed by atoms with E-state index in [4.69, 9.17) is 15.9 Å². The molecule has 6 nitrogen and oxygen atoms in total. The Hall–Kier alpha value is -1.53. The van der Waals surface area contributed by atoms with Crippen LogP contribution in [-0.4, -0.2) is 18.4 Å². The minimum Gasteiger partial charge on any atom is -0.454 e. The van der Waals surface area contributed by atoms with Crippen LogP contribution in [0.3, 0.4) is 0 Å². The van der Waals surface area contributed by atoms with E-state index < -0.39 is 5.91 Å². The molecular formula is C13H20ClN3O3. The molecule has 1 fully saturated rings. The molecule has 0 spiro atoms. The lowest BCUT2D eigenvalue weighted by molar-refractivity contribution is -0.126. The zero-order valence-electron chi connectivity index (χ0n) is 11.1. The molecule has 2 rings (SSSR count). The molecule has 0 unspecified atom stereocenters. The number of carbonyl (C=O) groups is 2. The number of amides is 2. The lowest BCUT2D eigenvalue weighted by Gasteiger charge is -2.16. The zero-order chi connectivity index (χ0) is 13.8. The molecule has 1 aromatic rings. The molecule has 1 aromatic heterocycles. The third-order valence-electron chi connectivity index (χ3n) is 3.64. The highest BCUT2D eigenvalue weighted by atomic mass is 35.5. The fraction of sp³-hybridized carbons (Fsp3) is 0.538. The number of hydrogen-bond donors (Lipinski definition) is 3. The Morgan fingerprint density at radius 3 is 2.70 bits per heavy atom. The highest BCUT2D eigenvalue weighted by molar-refractivity contribution is 5.89. The first kappa shape index (κ1) is 16.5. The summed E-state index contributed by atoms with van der Waals surface area (Å²) in [5.74, 6) is 0.282. The topological polar surface area (TPSA) is 111 Å². The Bertz CT molecular complexity index is 475. The summed E-state index contributed by atoms with van der Waals surface area (Å²) in [6, 6.07) is 3.14. The molecule has 0 bridgehead atoms. The van der Waals surface area contributed by atoms with Crippen LogP contribution < -0.4 is 16.8 Å². The second-order valence-corrected chi connectivity index (χ2v) is 4.88. The summed E-state index contributed by atoms with van der Waals surface area (Å²) in [6.45, 7) is 0.810. The summed E-state index contributed by atoms with van der Waals surface area (Å²) in [4.78, 5) is 22.9. The van der Waals surface area contributed by atoms with Crippen LogP contribution in [0, 0.1) is 11.8 Å². The molecule has 0 saturated heterocycles. The molecule has 1 saturated carbocycles. The van der Waals surface area contributed by atoms with Crippen LogP contribution in [0.25, 0.3) is 0 Å². The van der Waals surface area contributed by atoms with Crippen molar-refractivity contribution in [3.8, 4) is 0 Å². The summed E-state index contributed by atoms with van der Waals surface area (Å²) >= 11 is 0. The number of nitrogens with two attached hydrogens (primary N) is 2. The van der Waals surface area contributed by atoms with Gasteiger partial charge in [0, 0.05) is 5.92 Å². The first-order valence-electron chi connectivity index (χ1n) is 6.48. The van der Waals surface area contributed by atoms with Crippen LogP contribution in [0.2, 0.25) is 0 Å². The molecule has 2 amide bonds. The van der Waals surface area contributed by atoms with Gasteiger partial charge >= 0.3 is 0 Å². The number of halogens is 1. The predicted molar refractivity (Wildman–Crippen MR) is 76.2 cm³/mol. The van der Waals surface area contributed by atoms with Gasteiger partial charge in [0.15, 0.2) is 5.76 Å². The monoisotopic (exact) mass is 301 g/mol. The van der Waals surface area contributed by atoms with E-state index >= 15 is 0 Å². The average Bonchev–Trinajstić information content (AvgIpc) is 3.04. The maximum atomic E-state index is 12.0. The maximum absolute atomic E-state index is 12.0. The van der Waals surface area contributed by atoms with Gasteiger partial charge in [-0.15, -0.1) is 12.4 Å². The summed E-state index contributed by atoms with van der Waals surface area (Å²) in [7, 11) is 0. The Morgan fingerprint density at radius 1 is 1.35 bits per heavy atom. The molecule has 2 atom stereocenters. The third kappa shape index (κ3) is 3.74. The van der Waals surface area contributed by atoms with Crippen molar-refractivity contribution in [3.63, 3.8) is 0 Å². The Balaban J connectivity index is 0.00000200. The lowest BCUT2D eigenvalue weighted by atomic mass is 9.95. The summed E-state index contributed by atoms with van der Waals surface area (Å²) < 4.78 is 5.20. The molecule has 0 aromatic carbocycles. The van der Waals surface area contributed by atoms with Gasteiger partial charge in [-0.05, 0) is 37.4 Å². The molecule has 0 aliphatic heterocycles. The molecule has 1 aliphatic rings. The van der Waals surface area contributed by atoms with E-state index in [1.54, 1.807) is 6.07 Å². The molecule has 5 N–H and O–H groups in total. The summed E-state index contributed by atoms with van der Waals surface area (Å²) in [5.41, 5.74) is 10.7. The lowest BCUT2D eigenvalue weighted by Crippen LogP contribution is -2.34. The van der Waals surface area contributed by atoms with Crippen molar-refractivity contribution < 1.29 is 14.0 Å². The number of hydrogen-bond acceptors (Lipinski definition) is 4. The van der Waals surface area contributed by atoms with Gasteiger partial charge in [-0.2, -0.15) is 0 Å². The number of rotatable bonds is 5. The van der Waals surface area contributed by atoms with E-state index in [0.29, 0.717) is 12.3 Å². The fourth-order valence-corrected chi connectivity index (χ4v) is 2.57. The van der Waals surface area contributed by atoms with Gasteiger partial charge < -0.3 is 21.2 Å². The van der Waals surface area contributed by atoms with Crippen molar-refractivity contribution in [2.24, 2.45) is 23.3 Å². The second kappa shape index (κ2) is 7.31. The molecule has 1 aliphatic carbocycles. The zero-order valence-corrected chi connectivity index (χ0v) is 11.9. The highest BCUT2D eigenvalue weighted by Gasteiger charge is 2.31. The fourth-order valence-electron chi connectivity index (χ4n) is 2.57. The van der Waals surface area contributed by atoms with Crippen molar-refractivity contribution in [1.82, 2.24) is 5.32 Å². The number of primary amides is 1. The van der Waals surface area contributed by atoms with Crippen molar-refractivity contribution in [2.45, 2.75) is 25.8 Å². The van der Waals surface area contributed by atoms with Gasteiger partial charge in [0.25, 0.3) is 5.91 Å². The maximum Gasteiger partial charge on any atom is 0.284 e. The van der Waals surface area contributed by atoms with Crippen molar-refractivity contribution in [2.75, 3.05) is 6.54 Å². The van der Waals surface area contributed by atoms with Crippen LogP contribution in [0.1, 0.15) is 35.6 Å². The smallest absolute Gasteiger partial charge is 0.284 e. The molecule has 1 heterocycles. The number of furan rings is 1. The Kier molecular flexibility index (Phi) is 6.04. The molecule has 0 radical (unpaired) electrons. The SMILES string of the molecule is Cl.NC[C@H]1CCC[C@H]1C(=O)NCc1ccc(C(N)=O)o1. The number of carbonyl (C=O) groups excluding carboxylic acids is 2. The van der Waals surface area contributed by atoms with Crippen molar-refractivity contribution in [1.29, 1.82) is 0 Å². The van der Waals surface area contributed by atoms with E-state index in [1.807, 2.05) is 0 Å². The number of nitrogens with one attached hydrogen (secondary N) is 1. The van der Waals surface area contributed by atoms with Gasteiger partial charge in [-0.1, -0.05) is 6.42 Å². The highest BCUT2D eigenvalue weighted by Crippen LogP contribution is 2.30. The summed E-state index contributed by atoms with van der Waals surface area (Å²) in [5, 5.41) is 2.82. The molecule has 112 valence electrons. The van der Waals surface area contributed by atoms with Crippen LogP contribution in [0.4, 0.5) is 0 Å². The van der Waals surface area contributed by atoms with Gasteiger partial charge in [0.1, 0.15) is 5.76 Å². The van der Waals surface area contributed by atoms with Crippen LogP contribution in [0.15, 0.2) is 16.5 Å². The van der Waals surface area contributed by atoms with Crippen LogP contribution in [0.5, 0.6) is 0 Å². The van der Waals surface area contributed by atoms with E-state index in [-0.39, 0.29) is 42.5 Å². The molecule has 20 heavy (non-hydrogen) atoms. The average molecular weight is 302 g/mol. The van der Waals surface area contributed by atoms with Gasteiger partial charge in [-0.25, -0.2) is 0 Å². The van der Waals surface area contributed by atoms with E-state index in [9.17, 15) is 9.59 Å². The summed E-state index contributed by atoms with van der Waals surface area (Å²) in [6.07, 6.45) is 2.95. The van der Waals surface area contributed by atoms with E-state index in [1.165, 1.54) is 6.07 Å². The predicted octanol–water partition coefficient (Wildman–Crippen LogP) is 0.791. The minimum absolute atomic E-state index is 0. The largest absolute Gasteiger partial charge is 0.454 e. The van der Waals surface area contributed by atoms with Gasteiger partial charge in [0.05, 0.1) is 6.54 Å². The Labute approximate surface area is 123 Å². The molecule has 7 heteroatoms. The first-order valence-corrected chi connectivity index (χ1v) is 6.48. The van der Waals surface area contributed by atoms with Crippen molar-refractivity contribution in [3.05, 3.63) is 23.7 Å². The third-order valence-corrected chi connectivity index (χ3v) is 3.64. The quantitative estimate of drug-likeness (QED) is 0.746.